The summed E-state index contributed by atoms with van der Waals surface area (Å²) in [6, 6.07) is 5.38. The van der Waals surface area contributed by atoms with Crippen LogP contribution in [-0.2, 0) is 16.4 Å². The summed E-state index contributed by atoms with van der Waals surface area (Å²) in [5.74, 6) is 0. The molecule has 0 unspecified atom stereocenters. The monoisotopic (exact) mass is 282 g/mol. The van der Waals surface area contributed by atoms with Gasteiger partial charge < -0.3 is 5.73 Å². The molecule has 2 rings (SSSR count). The molecule has 0 bridgehead atoms. The molecule has 1 fully saturated rings. The summed E-state index contributed by atoms with van der Waals surface area (Å²) in [6.07, 6.45) is 5.52. The van der Waals surface area contributed by atoms with Gasteiger partial charge in [0.1, 0.15) is 0 Å². The van der Waals surface area contributed by atoms with E-state index in [1.165, 1.54) is 0 Å². The number of nitrogen functional groups attached to an aromatic ring is 1. The molecule has 0 saturated heterocycles. The fraction of sp³-hybridized carbons (Fsp3) is 0.571. The number of nitrogens with two attached hydrogens (primary N) is 1. The van der Waals surface area contributed by atoms with Crippen LogP contribution in [0.1, 0.15) is 44.6 Å². The number of anilines is 2. The van der Waals surface area contributed by atoms with Gasteiger partial charge in [0.15, 0.2) is 0 Å². The van der Waals surface area contributed by atoms with E-state index in [-0.39, 0.29) is 5.25 Å². The molecule has 1 saturated carbocycles. The Balaban J connectivity index is 2.13. The number of hydrogen-bond acceptors (Lipinski definition) is 3. The van der Waals surface area contributed by atoms with Crippen molar-refractivity contribution in [3.63, 3.8) is 0 Å². The van der Waals surface area contributed by atoms with E-state index in [1.54, 1.807) is 12.1 Å². The molecule has 1 aliphatic rings. The molecule has 0 heterocycles. The third kappa shape index (κ3) is 3.41. The van der Waals surface area contributed by atoms with Gasteiger partial charge in [0.2, 0.25) is 10.0 Å². The lowest BCUT2D eigenvalue weighted by atomic mass is 10.0. The normalized spacial score (nSPS) is 17.3. The third-order valence-electron chi connectivity index (χ3n) is 3.78. The van der Waals surface area contributed by atoms with Gasteiger partial charge in [-0.2, -0.15) is 0 Å². The Morgan fingerprint density at radius 2 is 1.95 bits per heavy atom. The molecular weight excluding hydrogens is 260 g/mol. The zero-order valence-electron chi connectivity index (χ0n) is 11.4. The third-order valence-corrected chi connectivity index (χ3v) is 5.65. The van der Waals surface area contributed by atoms with Gasteiger partial charge in [-0.25, -0.2) is 8.42 Å². The van der Waals surface area contributed by atoms with Crippen molar-refractivity contribution in [2.45, 2.75) is 50.7 Å². The second-order valence-corrected chi connectivity index (χ2v) is 7.14. The molecule has 19 heavy (non-hydrogen) atoms. The van der Waals surface area contributed by atoms with Crippen LogP contribution in [0.2, 0.25) is 0 Å². The number of nitrogens with one attached hydrogen (secondary N) is 1. The van der Waals surface area contributed by atoms with E-state index >= 15 is 0 Å². The van der Waals surface area contributed by atoms with Gasteiger partial charge >= 0.3 is 0 Å². The Morgan fingerprint density at radius 1 is 1.26 bits per heavy atom. The predicted octanol–water partition coefficient (Wildman–Crippen LogP) is 2.91. The molecule has 0 spiro atoms. The maximum absolute atomic E-state index is 12.3. The summed E-state index contributed by atoms with van der Waals surface area (Å²) in [5.41, 5.74) is 8.15. The van der Waals surface area contributed by atoms with E-state index < -0.39 is 10.0 Å². The van der Waals surface area contributed by atoms with Crippen molar-refractivity contribution in [2.24, 2.45) is 0 Å². The summed E-state index contributed by atoms with van der Waals surface area (Å²) in [6.45, 7) is 2.03. The summed E-state index contributed by atoms with van der Waals surface area (Å²) in [7, 11) is -3.28. The Kier molecular flexibility index (Phi) is 4.34. The van der Waals surface area contributed by atoms with Crippen LogP contribution in [0.25, 0.3) is 0 Å². The zero-order chi connectivity index (χ0) is 13.9. The average Bonchev–Trinajstić information content (AvgIpc) is 2.39. The lowest BCUT2D eigenvalue weighted by molar-refractivity contribution is 0.486. The van der Waals surface area contributed by atoms with E-state index in [1.807, 2.05) is 13.0 Å². The number of benzene rings is 1. The van der Waals surface area contributed by atoms with Crippen LogP contribution in [-0.4, -0.2) is 13.7 Å². The largest absolute Gasteiger partial charge is 0.398 e. The van der Waals surface area contributed by atoms with Crippen LogP contribution in [0, 0.1) is 0 Å². The van der Waals surface area contributed by atoms with E-state index in [0.717, 1.165) is 44.1 Å². The zero-order valence-corrected chi connectivity index (χ0v) is 12.2. The van der Waals surface area contributed by atoms with Crippen LogP contribution in [0.5, 0.6) is 0 Å². The molecule has 5 heteroatoms. The Morgan fingerprint density at radius 3 is 2.53 bits per heavy atom. The van der Waals surface area contributed by atoms with Crippen LogP contribution in [0.4, 0.5) is 11.4 Å². The number of rotatable bonds is 4. The maximum Gasteiger partial charge on any atom is 0.235 e. The summed E-state index contributed by atoms with van der Waals surface area (Å²) in [4.78, 5) is 0. The fourth-order valence-corrected chi connectivity index (χ4v) is 4.18. The van der Waals surface area contributed by atoms with Gasteiger partial charge in [-0.3, -0.25) is 4.72 Å². The molecule has 0 radical (unpaired) electrons. The average molecular weight is 282 g/mol. The van der Waals surface area contributed by atoms with Crippen molar-refractivity contribution in [3.8, 4) is 0 Å². The van der Waals surface area contributed by atoms with Crippen LogP contribution in [0.3, 0.4) is 0 Å². The highest BCUT2D eigenvalue weighted by molar-refractivity contribution is 7.93. The molecule has 0 aliphatic heterocycles. The van der Waals surface area contributed by atoms with Crippen molar-refractivity contribution in [1.82, 2.24) is 0 Å². The van der Waals surface area contributed by atoms with Crippen molar-refractivity contribution in [2.75, 3.05) is 10.5 Å². The molecule has 0 atom stereocenters. The number of aryl methyl sites for hydroxylation is 1. The standard InChI is InChI=1S/C14H22N2O2S/c1-2-11-8-9-12(10-14(11)15)16-19(17,18)13-6-4-3-5-7-13/h8-10,13,16H,2-7,15H2,1H3. The van der Waals surface area contributed by atoms with E-state index in [0.29, 0.717) is 11.4 Å². The molecule has 1 aromatic carbocycles. The number of sulfonamides is 1. The Labute approximate surface area is 115 Å². The topological polar surface area (TPSA) is 72.2 Å². The first-order valence-electron chi connectivity index (χ1n) is 6.93. The molecule has 1 aromatic rings. The second-order valence-electron chi connectivity index (χ2n) is 5.17. The smallest absolute Gasteiger partial charge is 0.235 e. The van der Waals surface area contributed by atoms with Crippen LogP contribution < -0.4 is 10.5 Å². The minimum atomic E-state index is -3.28. The van der Waals surface area contributed by atoms with Gasteiger partial charge in [-0.05, 0) is 37.0 Å². The SMILES string of the molecule is CCc1ccc(NS(=O)(=O)C2CCCCC2)cc1N. The highest BCUT2D eigenvalue weighted by atomic mass is 32.2. The number of hydrogen-bond donors (Lipinski definition) is 2. The molecule has 106 valence electrons. The van der Waals surface area contributed by atoms with Gasteiger partial charge in [-0.15, -0.1) is 0 Å². The minimum absolute atomic E-state index is 0.256. The molecule has 4 nitrogen and oxygen atoms in total. The van der Waals surface area contributed by atoms with E-state index in [9.17, 15) is 8.42 Å². The fourth-order valence-electron chi connectivity index (χ4n) is 2.60. The molecule has 1 aliphatic carbocycles. The van der Waals surface area contributed by atoms with Gasteiger partial charge in [0, 0.05) is 5.69 Å². The summed E-state index contributed by atoms with van der Waals surface area (Å²) in [5, 5.41) is -0.256. The van der Waals surface area contributed by atoms with E-state index in [4.69, 9.17) is 5.73 Å². The van der Waals surface area contributed by atoms with Crippen molar-refractivity contribution >= 4 is 21.4 Å². The van der Waals surface area contributed by atoms with Gasteiger partial charge in [0.05, 0.1) is 10.9 Å². The second kappa shape index (κ2) is 5.82. The Hall–Kier alpha value is -1.23. The van der Waals surface area contributed by atoms with Crippen LogP contribution in [0.15, 0.2) is 18.2 Å². The van der Waals surface area contributed by atoms with E-state index in [2.05, 4.69) is 4.72 Å². The summed E-state index contributed by atoms with van der Waals surface area (Å²) < 4.78 is 27.2. The van der Waals surface area contributed by atoms with Crippen molar-refractivity contribution in [3.05, 3.63) is 23.8 Å². The van der Waals surface area contributed by atoms with Gasteiger partial charge in [-0.1, -0.05) is 32.3 Å². The minimum Gasteiger partial charge on any atom is -0.398 e. The molecular formula is C14H22N2O2S. The van der Waals surface area contributed by atoms with Crippen molar-refractivity contribution in [1.29, 1.82) is 0 Å². The highest BCUT2D eigenvalue weighted by Gasteiger charge is 2.27. The Bertz CT molecular complexity index is 534. The van der Waals surface area contributed by atoms with Gasteiger partial charge in [0.25, 0.3) is 0 Å². The first-order chi connectivity index (χ1) is 9.03. The summed E-state index contributed by atoms with van der Waals surface area (Å²) >= 11 is 0. The lowest BCUT2D eigenvalue weighted by Crippen LogP contribution is -2.29. The molecule has 0 amide bonds. The highest BCUT2D eigenvalue weighted by Crippen LogP contribution is 2.26. The predicted molar refractivity (Wildman–Crippen MR) is 79.6 cm³/mol. The molecule has 0 aromatic heterocycles. The lowest BCUT2D eigenvalue weighted by Gasteiger charge is -2.22. The first kappa shape index (κ1) is 14.2. The first-order valence-corrected chi connectivity index (χ1v) is 8.47. The maximum atomic E-state index is 12.3. The van der Waals surface area contributed by atoms with Crippen LogP contribution >= 0.6 is 0 Å². The van der Waals surface area contributed by atoms with Crippen molar-refractivity contribution < 1.29 is 8.42 Å². The molecule has 3 N–H and O–H groups in total. The quantitative estimate of drug-likeness (QED) is 0.834.